The molecule has 1 heterocycles. The van der Waals surface area contributed by atoms with E-state index in [2.05, 4.69) is 20.8 Å². The molecule has 2 nitrogen and oxygen atoms in total. The van der Waals surface area contributed by atoms with Crippen molar-refractivity contribution in [1.29, 1.82) is 0 Å². The van der Waals surface area contributed by atoms with E-state index in [1.54, 1.807) is 0 Å². The molecule has 0 amide bonds. The zero-order chi connectivity index (χ0) is 13.2. The third-order valence-electron chi connectivity index (χ3n) is 4.97. The Balaban J connectivity index is 1.90. The van der Waals surface area contributed by atoms with Gasteiger partial charge in [0, 0.05) is 13.0 Å². The molecule has 0 bridgehead atoms. The van der Waals surface area contributed by atoms with Crippen molar-refractivity contribution in [3.63, 3.8) is 0 Å². The summed E-state index contributed by atoms with van der Waals surface area (Å²) in [6.45, 7) is 8.02. The predicted molar refractivity (Wildman–Crippen MR) is 74.7 cm³/mol. The van der Waals surface area contributed by atoms with Gasteiger partial charge >= 0.3 is 0 Å². The molecule has 2 fully saturated rings. The second kappa shape index (κ2) is 5.92. The first kappa shape index (κ1) is 14.3. The second-order valence-corrected chi connectivity index (χ2v) is 6.85. The highest BCUT2D eigenvalue weighted by atomic mass is 16.6. The minimum absolute atomic E-state index is 0.205. The average Bonchev–Trinajstić information content (AvgIpc) is 3.08. The third kappa shape index (κ3) is 3.08. The van der Waals surface area contributed by atoms with Crippen LogP contribution in [0.3, 0.4) is 0 Å². The maximum Gasteiger partial charge on any atom is 0.0971 e. The standard InChI is InChI=1S/C16H30O2/c1-12(2)7-5-8-13(3)15-14(17-4)9-6-10-16(15)11-18-16/h12-15H,5-11H2,1-4H3/t13-,14-,15-,16-/m0/s1. The van der Waals surface area contributed by atoms with Gasteiger partial charge in [-0.1, -0.05) is 40.0 Å². The zero-order valence-electron chi connectivity index (χ0n) is 12.6. The number of epoxide rings is 1. The van der Waals surface area contributed by atoms with E-state index < -0.39 is 0 Å². The Kier molecular flexibility index (Phi) is 4.71. The molecule has 0 radical (unpaired) electrons. The van der Waals surface area contributed by atoms with Crippen molar-refractivity contribution in [3.8, 4) is 0 Å². The van der Waals surface area contributed by atoms with Crippen molar-refractivity contribution in [2.24, 2.45) is 17.8 Å². The van der Waals surface area contributed by atoms with Crippen molar-refractivity contribution in [2.45, 2.75) is 71.0 Å². The summed E-state index contributed by atoms with van der Waals surface area (Å²) in [5.41, 5.74) is 0.205. The lowest BCUT2D eigenvalue weighted by atomic mass is 9.69. The van der Waals surface area contributed by atoms with Crippen LogP contribution in [-0.2, 0) is 9.47 Å². The summed E-state index contributed by atoms with van der Waals surface area (Å²) in [5, 5.41) is 0. The first-order valence-electron chi connectivity index (χ1n) is 7.76. The van der Waals surface area contributed by atoms with Gasteiger partial charge in [-0.2, -0.15) is 0 Å². The first-order valence-corrected chi connectivity index (χ1v) is 7.76. The maximum absolute atomic E-state index is 5.85. The lowest BCUT2D eigenvalue weighted by Gasteiger charge is -2.39. The molecule has 0 aromatic carbocycles. The number of ether oxygens (including phenoxy) is 2. The molecule has 2 rings (SSSR count). The highest BCUT2D eigenvalue weighted by Crippen LogP contribution is 2.50. The van der Waals surface area contributed by atoms with Crippen molar-refractivity contribution in [2.75, 3.05) is 13.7 Å². The van der Waals surface area contributed by atoms with Crippen LogP contribution in [0.1, 0.15) is 59.3 Å². The lowest BCUT2D eigenvalue weighted by Crippen LogP contribution is -2.43. The van der Waals surface area contributed by atoms with Gasteiger partial charge in [0.15, 0.2) is 0 Å². The van der Waals surface area contributed by atoms with Crippen LogP contribution in [0.25, 0.3) is 0 Å². The normalized spacial score (nSPS) is 37.2. The van der Waals surface area contributed by atoms with Gasteiger partial charge < -0.3 is 9.47 Å². The maximum atomic E-state index is 5.85. The fraction of sp³-hybridized carbons (Fsp3) is 1.00. The summed E-state index contributed by atoms with van der Waals surface area (Å²) in [6, 6.07) is 0. The Morgan fingerprint density at radius 2 is 2.00 bits per heavy atom. The fourth-order valence-corrected chi connectivity index (χ4v) is 3.89. The Hall–Kier alpha value is -0.0800. The molecule has 0 aromatic rings. The molecule has 18 heavy (non-hydrogen) atoms. The molecular weight excluding hydrogens is 224 g/mol. The van der Waals surface area contributed by atoms with Gasteiger partial charge in [0.1, 0.15) is 0 Å². The highest BCUT2D eigenvalue weighted by molar-refractivity contribution is 5.05. The van der Waals surface area contributed by atoms with Crippen molar-refractivity contribution >= 4 is 0 Å². The minimum Gasteiger partial charge on any atom is -0.381 e. The molecule has 0 aromatic heterocycles. The molecule has 0 N–H and O–H groups in total. The van der Waals surface area contributed by atoms with Gasteiger partial charge in [0.05, 0.1) is 18.3 Å². The summed E-state index contributed by atoms with van der Waals surface area (Å²) in [4.78, 5) is 0. The number of methoxy groups -OCH3 is 1. The summed E-state index contributed by atoms with van der Waals surface area (Å²) in [5.74, 6) is 2.19. The van der Waals surface area contributed by atoms with Gasteiger partial charge in [0.2, 0.25) is 0 Å². The Morgan fingerprint density at radius 3 is 2.56 bits per heavy atom. The zero-order valence-corrected chi connectivity index (χ0v) is 12.6. The van der Waals surface area contributed by atoms with Crippen LogP contribution in [0.5, 0.6) is 0 Å². The molecule has 2 aliphatic rings. The molecule has 1 saturated heterocycles. The Morgan fingerprint density at radius 1 is 1.28 bits per heavy atom. The van der Waals surface area contributed by atoms with E-state index in [9.17, 15) is 0 Å². The van der Waals surface area contributed by atoms with Crippen molar-refractivity contribution < 1.29 is 9.47 Å². The van der Waals surface area contributed by atoms with Crippen LogP contribution in [0, 0.1) is 17.8 Å². The van der Waals surface area contributed by atoms with Crippen LogP contribution in [-0.4, -0.2) is 25.4 Å². The van der Waals surface area contributed by atoms with Crippen LogP contribution in [0.4, 0.5) is 0 Å². The van der Waals surface area contributed by atoms with E-state index in [-0.39, 0.29) is 5.60 Å². The lowest BCUT2D eigenvalue weighted by molar-refractivity contribution is -0.0424. The fourth-order valence-electron chi connectivity index (χ4n) is 3.89. The van der Waals surface area contributed by atoms with Crippen LogP contribution < -0.4 is 0 Å². The summed E-state index contributed by atoms with van der Waals surface area (Å²) in [6.07, 6.45) is 8.20. The first-order chi connectivity index (χ1) is 8.59. The summed E-state index contributed by atoms with van der Waals surface area (Å²) in [7, 11) is 1.87. The van der Waals surface area contributed by atoms with E-state index >= 15 is 0 Å². The van der Waals surface area contributed by atoms with Gasteiger partial charge in [-0.15, -0.1) is 0 Å². The van der Waals surface area contributed by atoms with E-state index in [4.69, 9.17) is 9.47 Å². The number of hydrogen-bond donors (Lipinski definition) is 0. The molecular formula is C16H30O2. The second-order valence-electron chi connectivity index (χ2n) is 6.85. The molecule has 2 heteroatoms. The Bertz CT molecular complexity index is 258. The van der Waals surface area contributed by atoms with Crippen LogP contribution in [0.2, 0.25) is 0 Å². The van der Waals surface area contributed by atoms with E-state index in [1.807, 2.05) is 7.11 Å². The largest absolute Gasteiger partial charge is 0.381 e. The van der Waals surface area contributed by atoms with Gasteiger partial charge in [-0.3, -0.25) is 0 Å². The number of hydrogen-bond acceptors (Lipinski definition) is 2. The molecule has 1 aliphatic carbocycles. The topological polar surface area (TPSA) is 21.8 Å². The molecule has 4 atom stereocenters. The van der Waals surface area contributed by atoms with Crippen molar-refractivity contribution in [3.05, 3.63) is 0 Å². The Labute approximate surface area is 112 Å². The van der Waals surface area contributed by atoms with Crippen molar-refractivity contribution in [1.82, 2.24) is 0 Å². The van der Waals surface area contributed by atoms with Crippen LogP contribution in [0.15, 0.2) is 0 Å². The minimum atomic E-state index is 0.205. The molecule has 1 saturated carbocycles. The quantitative estimate of drug-likeness (QED) is 0.667. The summed E-state index contributed by atoms with van der Waals surface area (Å²) < 4.78 is 11.6. The molecule has 1 aliphatic heterocycles. The van der Waals surface area contributed by atoms with Gasteiger partial charge in [0.25, 0.3) is 0 Å². The smallest absolute Gasteiger partial charge is 0.0971 e. The monoisotopic (exact) mass is 254 g/mol. The molecule has 106 valence electrons. The average molecular weight is 254 g/mol. The van der Waals surface area contributed by atoms with E-state index in [1.165, 1.54) is 38.5 Å². The van der Waals surface area contributed by atoms with Gasteiger partial charge in [-0.25, -0.2) is 0 Å². The number of rotatable bonds is 6. The molecule has 1 spiro atoms. The van der Waals surface area contributed by atoms with Gasteiger partial charge in [-0.05, 0) is 31.1 Å². The molecule has 0 unspecified atom stereocenters. The highest BCUT2D eigenvalue weighted by Gasteiger charge is 2.57. The third-order valence-corrected chi connectivity index (χ3v) is 4.97. The van der Waals surface area contributed by atoms with E-state index in [0.717, 1.165) is 18.4 Å². The van der Waals surface area contributed by atoms with E-state index in [0.29, 0.717) is 12.0 Å². The SMILES string of the molecule is CO[C@H]1CCC[C@]2(CO2)[C@H]1[C@@H](C)CCCC(C)C. The summed E-state index contributed by atoms with van der Waals surface area (Å²) >= 11 is 0. The van der Waals surface area contributed by atoms with Crippen LogP contribution >= 0.6 is 0 Å². The predicted octanol–water partition coefficient (Wildman–Crippen LogP) is 4.03.